The van der Waals surface area contributed by atoms with Gasteiger partial charge in [0, 0.05) is 17.8 Å². The van der Waals surface area contributed by atoms with Gasteiger partial charge in [0.15, 0.2) is 0 Å². The molecule has 0 aliphatic rings. The van der Waals surface area contributed by atoms with Crippen LogP contribution in [0, 0.1) is 0 Å². The van der Waals surface area contributed by atoms with E-state index >= 15 is 0 Å². The number of amides is 2. The number of hydrogen-bond donors (Lipinski definition) is 3. The maximum Gasteiger partial charge on any atom is 0.329 e. The van der Waals surface area contributed by atoms with Crippen molar-refractivity contribution in [3.05, 3.63) is 74.9 Å². The highest BCUT2D eigenvalue weighted by atomic mass is 16.2. The van der Waals surface area contributed by atoms with Gasteiger partial charge in [-0.2, -0.15) is 0 Å². The highest BCUT2D eigenvalue weighted by Crippen LogP contribution is 2.11. The SMILES string of the molecule is CCCNC(=O)c1cccc(NC(=O)Cn2c(=O)[nH]c3ccccc3c2=O)c1. The molecule has 1 aromatic heterocycles. The number of anilines is 1. The molecule has 28 heavy (non-hydrogen) atoms. The number of benzene rings is 2. The number of nitrogens with zero attached hydrogens (tertiary/aromatic N) is 1. The summed E-state index contributed by atoms with van der Waals surface area (Å²) in [6.45, 7) is 2.07. The summed E-state index contributed by atoms with van der Waals surface area (Å²) >= 11 is 0. The van der Waals surface area contributed by atoms with Gasteiger partial charge in [-0.15, -0.1) is 0 Å². The Hall–Kier alpha value is -3.68. The summed E-state index contributed by atoms with van der Waals surface area (Å²) in [5, 5.41) is 5.69. The Morgan fingerprint density at radius 2 is 1.86 bits per heavy atom. The summed E-state index contributed by atoms with van der Waals surface area (Å²) < 4.78 is 0.843. The van der Waals surface area contributed by atoms with E-state index in [2.05, 4.69) is 15.6 Å². The first-order valence-electron chi connectivity index (χ1n) is 8.89. The van der Waals surface area contributed by atoms with Crippen molar-refractivity contribution in [2.75, 3.05) is 11.9 Å². The lowest BCUT2D eigenvalue weighted by Crippen LogP contribution is -2.38. The number of para-hydroxylation sites is 1. The molecule has 8 heteroatoms. The average molecular weight is 380 g/mol. The number of fused-ring (bicyclic) bond motifs is 1. The minimum atomic E-state index is -0.661. The molecule has 0 saturated carbocycles. The number of carbonyl (C=O) groups excluding carboxylic acids is 2. The third kappa shape index (κ3) is 4.17. The van der Waals surface area contributed by atoms with Gasteiger partial charge in [0.05, 0.1) is 10.9 Å². The van der Waals surface area contributed by atoms with E-state index in [1.807, 2.05) is 6.92 Å². The van der Waals surface area contributed by atoms with E-state index in [1.165, 1.54) is 6.07 Å². The quantitative estimate of drug-likeness (QED) is 0.601. The molecule has 0 spiro atoms. The van der Waals surface area contributed by atoms with Crippen molar-refractivity contribution in [1.82, 2.24) is 14.9 Å². The lowest BCUT2D eigenvalue weighted by molar-refractivity contribution is -0.116. The Morgan fingerprint density at radius 1 is 1.07 bits per heavy atom. The molecule has 0 saturated heterocycles. The topological polar surface area (TPSA) is 113 Å². The summed E-state index contributed by atoms with van der Waals surface area (Å²) in [7, 11) is 0. The standard InChI is InChI=1S/C20H20N4O4/c1-2-10-21-18(26)13-6-5-7-14(11-13)22-17(25)12-24-19(27)15-8-3-4-9-16(15)23-20(24)28/h3-9,11H,2,10,12H2,1H3,(H,21,26)(H,22,25)(H,23,28). The highest BCUT2D eigenvalue weighted by Gasteiger charge is 2.12. The largest absolute Gasteiger partial charge is 0.352 e. The van der Waals surface area contributed by atoms with Crippen molar-refractivity contribution < 1.29 is 9.59 Å². The average Bonchev–Trinajstić information content (AvgIpc) is 2.69. The third-order valence-corrected chi connectivity index (χ3v) is 4.14. The fraction of sp³-hybridized carbons (Fsp3) is 0.200. The smallest absolute Gasteiger partial charge is 0.329 e. The summed E-state index contributed by atoms with van der Waals surface area (Å²) in [6.07, 6.45) is 0.817. The molecule has 0 aliphatic heterocycles. The summed E-state index contributed by atoms with van der Waals surface area (Å²) in [5.74, 6) is -0.783. The molecule has 0 atom stereocenters. The Kier molecular flexibility index (Phi) is 5.69. The molecule has 0 radical (unpaired) electrons. The number of rotatable bonds is 6. The van der Waals surface area contributed by atoms with Crippen LogP contribution in [-0.4, -0.2) is 27.9 Å². The minimum absolute atomic E-state index is 0.236. The number of aromatic amines is 1. The molecular weight excluding hydrogens is 360 g/mol. The van der Waals surface area contributed by atoms with Crippen LogP contribution in [0.3, 0.4) is 0 Å². The van der Waals surface area contributed by atoms with Gasteiger partial charge in [0.2, 0.25) is 5.91 Å². The Bertz CT molecular complexity index is 1150. The monoisotopic (exact) mass is 380 g/mol. The first kappa shape index (κ1) is 19.1. The van der Waals surface area contributed by atoms with Crippen molar-refractivity contribution in [2.45, 2.75) is 19.9 Å². The molecule has 0 fully saturated rings. The van der Waals surface area contributed by atoms with Gasteiger partial charge in [-0.3, -0.25) is 19.0 Å². The van der Waals surface area contributed by atoms with Crippen molar-refractivity contribution in [1.29, 1.82) is 0 Å². The van der Waals surface area contributed by atoms with E-state index in [-0.39, 0.29) is 5.91 Å². The zero-order valence-corrected chi connectivity index (χ0v) is 15.3. The summed E-state index contributed by atoms with van der Waals surface area (Å²) in [5.41, 5.74) is 0.0278. The van der Waals surface area contributed by atoms with E-state index in [4.69, 9.17) is 0 Å². The fourth-order valence-electron chi connectivity index (χ4n) is 2.77. The first-order valence-corrected chi connectivity index (χ1v) is 8.89. The Balaban J connectivity index is 1.78. The zero-order valence-electron chi connectivity index (χ0n) is 15.3. The molecule has 1 heterocycles. The first-order chi connectivity index (χ1) is 13.5. The lowest BCUT2D eigenvalue weighted by Gasteiger charge is -2.09. The Labute approximate surface area is 160 Å². The van der Waals surface area contributed by atoms with Gasteiger partial charge in [-0.1, -0.05) is 25.1 Å². The molecule has 0 aliphatic carbocycles. The van der Waals surface area contributed by atoms with Crippen LogP contribution in [0.1, 0.15) is 23.7 Å². The molecular formula is C20H20N4O4. The molecule has 3 N–H and O–H groups in total. The van der Waals surface area contributed by atoms with E-state index in [0.717, 1.165) is 11.0 Å². The number of H-pyrrole nitrogens is 1. The second-order valence-corrected chi connectivity index (χ2v) is 6.25. The number of carbonyl (C=O) groups is 2. The van der Waals surface area contributed by atoms with E-state index in [0.29, 0.717) is 28.7 Å². The van der Waals surface area contributed by atoms with Crippen LogP contribution >= 0.6 is 0 Å². The number of aromatic nitrogens is 2. The second kappa shape index (κ2) is 8.34. The predicted molar refractivity (Wildman–Crippen MR) is 107 cm³/mol. The molecule has 3 aromatic rings. The van der Waals surface area contributed by atoms with Crippen LogP contribution in [0.5, 0.6) is 0 Å². The van der Waals surface area contributed by atoms with Crippen LogP contribution in [0.4, 0.5) is 5.69 Å². The molecule has 144 valence electrons. The van der Waals surface area contributed by atoms with Crippen molar-refractivity contribution in [3.8, 4) is 0 Å². The van der Waals surface area contributed by atoms with Crippen LogP contribution in [0.2, 0.25) is 0 Å². The zero-order chi connectivity index (χ0) is 20.1. The van der Waals surface area contributed by atoms with Gasteiger partial charge in [0.1, 0.15) is 6.54 Å². The number of hydrogen-bond acceptors (Lipinski definition) is 4. The summed E-state index contributed by atoms with van der Waals surface area (Å²) in [4.78, 5) is 51.6. The molecule has 2 amide bonds. The van der Waals surface area contributed by atoms with E-state index in [9.17, 15) is 19.2 Å². The maximum atomic E-state index is 12.5. The second-order valence-electron chi connectivity index (χ2n) is 6.25. The highest BCUT2D eigenvalue weighted by molar-refractivity contribution is 5.97. The Morgan fingerprint density at radius 3 is 2.64 bits per heavy atom. The molecule has 3 rings (SSSR count). The van der Waals surface area contributed by atoms with Crippen LogP contribution < -0.4 is 21.9 Å². The minimum Gasteiger partial charge on any atom is -0.352 e. The molecule has 2 aromatic carbocycles. The van der Waals surface area contributed by atoms with Gasteiger partial charge >= 0.3 is 5.69 Å². The maximum absolute atomic E-state index is 12.5. The van der Waals surface area contributed by atoms with Gasteiger partial charge in [-0.05, 0) is 36.8 Å². The molecule has 8 nitrogen and oxygen atoms in total. The number of nitrogens with one attached hydrogen (secondary N) is 3. The molecule has 0 bridgehead atoms. The van der Waals surface area contributed by atoms with Crippen LogP contribution in [0.25, 0.3) is 10.9 Å². The normalized spacial score (nSPS) is 10.6. The predicted octanol–water partition coefficient (Wildman–Crippen LogP) is 1.47. The van der Waals surface area contributed by atoms with Crippen molar-refractivity contribution in [3.63, 3.8) is 0 Å². The van der Waals surface area contributed by atoms with Crippen molar-refractivity contribution >= 4 is 28.4 Å². The van der Waals surface area contributed by atoms with E-state index in [1.54, 1.807) is 42.5 Å². The molecule has 0 unspecified atom stereocenters. The summed E-state index contributed by atoms with van der Waals surface area (Å²) in [6, 6.07) is 13.0. The van der Waals surface area contributed by atoms with Gasteiger partial charge < -0.3 is 15.6 Å². The lowest BCUT2D eigenvalue weighted by atomic mass is 10.2. The third-order valence-electron chi connectivity index (χ3n) is 4.14. The fourth-order valence-corrected chi connectivity index (χ4v) is 2.77. The van der Waals surface area contributed by atoms with Crippen LogP contribution in [0.15, 0.2) is 58.1 Å². The van der Waals surface area contributed by atoms with Gasteiger partial charge in [-0.25, -0.2) is 4.79 Å². The van der Waals surface area contributed by atoms with E-state index < -0.39 is 23.7 Å². The van der Waals surface area contributed by atoms with Crippen molar-refractivity contribution in [2.24, 2.45) is 0 Å². The van der Waals surface area contributed by atoms with Crippen LogP contribution in [-0.2, 0) is 11.3 Å². The van der Waals surface area contributed by atoms with Gasteiger partial charge in [0.25, 0.3) is 11.5 Å².